The third-order valence-corrected chi connectivity index (χ3v) is 4.37. The van der Waals surface area contributed by atoms with Gasteiger partial charge in [-0.15, -0.1) is 0 Å². The maximum atomic E-state index is 11.0. The van der Waals surface area contributed by atoms with Crippen LogP contribution in [0.5, 0.6) is 0 Å². The van der Waals surface area contributed by atoms with Gasteiger partial charge in [0.25, 0.3) is 0 Å². The number of hydrogen-bond acceptors (Lipinski definition) is 4. The molecule has 2 N–H and O–H groups in total. The molecule has 0 aliphatic heterocycles. The number of nitrogens with one attached hydrogen (secondary N) is 2. The van der Waals surface area contributed by atoms with Crippen LogP contribution in [0.25, 0.3) is 0 Å². The van der Waals surface area contributed by atoms with Gasteiger partial charge in [0, 0.05) is 11.4 Å². The van der Waals surface area contributed by atoms with Crippen LogP contribution in [0, 0.1) is 27.7 Å². The van der Waals surface area contributed by atoms with Gasteiger partial charge in [0.1, 0.15) is 0 Å². The molecule has 0 saturated carbocycles. The minimum Gasteiger partial charge on any atom is -0.783 e. The van der Waals surface area contributed by atoms with Crippen LogP contribution < -0.4 is 10.6 Å². The molecular formula is C20H24CuN2O2S2. The molecule has 0 saturated heterocycles. The van der Waals surface area contributed by atoms with Crippen molar-refractivity contribution in [1.82, 2.24) is 0 Å². The Labute approximate surface area is 183 Å². The second kappa shape index (κ2) is 12.9. The minimum atomic E-state index is -0.127. The largest absolute Gasteiger partial charge is 2.00 e. The summed E-state index contributed by atoms with van der Waals surface area (Å²) in [7, 11) is 0. The summed E-state index contributed by atoms with van der Waals surface area (Å²) in [5, 5.41) is 5.43. The summed E-state index contributed by atoms with van der Waals surface area (Å²) in [6.07, 6.45) is 0. The molecule has 2 rings (SSSR count). The third kappa shape index (κ3) is 9.38. The van der Waals surface area contributed by atoms with Gasteiger partial charge in [-0.3, -0.25) is 9.59 Å². The third-order valence-electron chi connectivity index (χ3n) is 3.84. The van der Waals surface area contributed by atoms with Gasteiger partial charge in [0.15, 0.2) is 11.8 Å². The summed E-state index contributed by atoms with van der Waals surface area (Å²) in [4.78, 5) is 21.9. The Morgan fingerprint density at radius 3 is 1.30 bits per heavy atom. The first-order valence-electron chi connectivity index (χ1n) is 8.17. The van der Waals surface area contributed by atoms with E-state index in [0.717, 1.165) is 11.4 Å². The molecule has 0 atom stereocenters. The average Bonchev–Trinajstić information content (AvgIpc) is 2.61. The summed E-state index contributed by atoms with van der Waals surface area (Å²) < 4.78 is 0. The number of benzene rings is 2. The van der Waals surface area contributed by atoms with Gasteiger partial charge in [0.2, 0.25) is 0 Å². The fraction of sp³-hybridized carbons (Fsp3) is 0.300. The van der Waals surface area contributed by atoms with E-state index in [9.17, 15) is 9.59 Å². The number of anilines is 2. The quantitative estimate of drug-likeness (QED) is 0.551. The Morgan fingerprint density at radius 1 is 0.704 bits per heavy atom. The summed E-state index contributed by atoms with van der Waals surface area (Å²) in [6.45, 7) is 8.10. The monoisotopic (exact) mass is 451 g/mol. The van der Waals surface area contributed by atoms with E-state index in [1.807, 2.05) is 64.1 Å². The number of carbonyl (C=O) groups excluding carboxylic acids is 2. The van der Waals surface area contributed by atoms with Crippen LogP contribution >= 0.6 is 0 Å². The van der Waals surface area contributed by atoms with Crippen molar-refractivity contribution in [2.45, 2.75) is 27.7 Å². The maximum absolute atomic E-state index is 11.0. The van der Waals surface area contributed by atoms with Crippen LogP contribution in [0.15, 0.2) is 36.4 Å². The molecule has 0 bridgehead atoms. The van der Waals surface area contributed by atoms with E-state index >= 15 is 0 Å². The number of hydrogen-bond donors (Lipinski definition) is 2. The Balaban J connectivity index is 0.000000483. The van der Waals surface area contributed by atoms with E-state index in [1.54, 1.807) is 0 Å². The van der Waals surface area contributed by atoms with Crippen molar-refractivity contribution < 1.29 is 26.7 Å². The number of aryl methyl sites for hydroxylation is 4. The summed E-state index contributed by atoms with van der Waals surface area (Å²) in [6, 6.07) is 11.6. The first-order valence-corrected chi connectivity index (χ1v) is 9.32. The van der Waals surface area contributed by atoms with E-state index in [0.29, 0.717) is 0 Å². The van der Waals surface area contributed by atoms with Crippen molar-refractivity contribution in [2.24, 2.45) is 0 Å². The first-order chi connectivity index (χ1) is 12.3. The molecule has 0 aliphatic rings. The van der Waals surface area contributed by atoms with E-state index in [2.05, 4.69) is 35.9 Å². The molecule has 2 amide bonds. The molecule has 0 unspecified atom stereocenters. The van der Waals surface area contributed by atoms with Gasteiger partial charge >= 0.3 is 17.1 Å². The van der Waals surface area contributed by atoms with Gasteiger partial charge in [-0.1, -0.05) is 23.6 Å². The summed E-state index contributed by atoms with van der Waals surface area (Å²) in [5.41, 5.74) is 6.41. The number of carbonyl (C=O) groups is 2. The zero-order valence-electron chi connectivity index (χ0n) is 15.8. The maximum Gasteiger partial charge on any atom is 2.00 e. The zero-order valence-corrected chi connectivity index (χ0v) is 18.4. The van der Waals surface area contributed by atoms with E-state index < -0.39 is 0 Å². The standard InChI is InChI=1S/2C10H13NOS.Cu/c2*1-7-3-4-9(5-8(7)2)11-10(12)6-13;/h2*3-5,13H,6H2,1-2H3,(H,11,12);/q;;+2/p-2. The number of amides is 2. The van der Waals surface area contributed by atoms with Crippen molar-refractivity contribution in [2.75, 3.05) is 22.1 Å². The van der Waals surface area contributed by atoms with E-state index in [-0.39, 0.29) is 40.4 Å². The molecule has 2 aromatic rings. The normalized spacial score (nSPS) is 9.41. The van der Waals surface area contributed by atoms with Gasteiger partial charge < -0.3 is 35.9 Å². The Morgan fingerprint density at radius 2 is 1.04 bits per heavy atom. The van der Waals surface area contributed by atoms with Crippen molar-refractivity contribution in [1.29, 1.82) is 0 Å². The van der Waals surface area contributed by atoms with Gasteiger partial charge in [-0.2, -0.15) is 0 Å². The average molecular weight is 452 g/mol. The molecule has 1 radical (unpaired) electrons. The van der Waals surface area contributed by atoms with Crippen molar-refractivity contribution in [3.8, 4) is 0 Å². The Bertz CT molecular complexity index is 717. The summed E-state index contributed by atoms with van der Waals surface area (Å²) >= 11 is 9.24. The van der Waals surface area contributed by atoms with Crippen molar-refractivity contribution >= 4 is 48.4 Å². The molecule has 27 heavy (non-hydrogen) atoms. The molecular weight excluding hydrogens is 428 g/mol. The van der Waals surface area contributed by atoms with E-state index in [4.69, 9.17) is 0 Å². The summed E-state index contributed by atoms with van der Waals surface area (Å²) in [5.74, 6) is -0.0451. The fourth-order valence-electron chi connectivity index (χ4n) is 2.03. The second-order valence-corrected chi connectivity index (χ2v) is 6.56. The van der Waals surface area contributed by atoms with E-state index in [1.165, 1.54) is 22.3 Å². The molecule has 0 fully saturated rings. The van der Waals surface area contributed by atoms with Crippen molar-refractivity contribution in [3.63, 3.8) is 0 Å². The first kappa shape index (κ1) is 25.6. The molecule has 149 valence electrons. The second-order valence-electron chi connectivity index (χ2n) is 5.98. The Kier molecular flexibility index (Phi) is 12.2. The zero-order chi connectivity index (χ0) is 19.7. The molecule has 4 nitrogen and oxygen atoms in total. The van der Waals surface area contributed by atoms with Crippen LogP contribution in [0.4, 0.5) is 11.4 Å². The van der Waals surface area contributed by atoms with Gasteiger partial charge in [-0.05, 0) is 74.2 Å². The molecule has 2 aromatic carbocycles. The van der Waals surface area contributed by atoms with Crippen LogP contribution in [0.3, 0.4) is 0 Å². The molecule has 0 spiro atoms. The van der Waals surface area contributed by atoms with Crippen LogP contribution in [0.1, 0.15) is 22.3 Å². The fourth-order valence-corrected chi connectivity index (χ4v) is 2.18. The smallest absolute Gasteiger partial charge is 0.783 e. The molecule has 7 heteroatoms. The van der Waals surface area contributed by atoms with Crippen LogP contribution in [-0.2, 0) is 51.9 Å². The van der Waals surface area contributed by atoms with Gasteiger partial charge in [0.05, 0.1) is 0 Å². The Hall–Kier alpha value is -1.40. The number of rotatable bonds is 4. The molecule has 0 aliphatic carbocycles. The predicted octanol–water partition coefficient (Wildman–Crippen LogP) is 3.58. The van der Waals surface area contributed by atoms with Crippen LogP contribution in [0.2, 0.25) is 0 Å². The predicted molar refractivity (Wildman–Crippen MR) is 114 cm³/mol. The molecule has 0 aromatic heterocycles. The van der Waals surface area contributed by atoms with Crippen LogP contribution in [-0.4, -0.2) is 23.3 Å². The van der Waals surface area contributed by atoms with Gasteiger partial charge in [-0.25, -0.2) is 0 Å². The topological polar surface area (TPSA) is 58.2 Å². The molecule has 0 heterocycles. The minimum absolute atomic E-state index is 0. The SMILES string of the molecule is Cc1ccc(NC(=O)C[S-])cc1C.Cc1ccc(NC(=O)C[S-])cc1C.[Cu+2]. The van der Waals surface area contributed by atoms with Crippen molar-refractivity contribution in [3.05, 3.63) is 58.7 Å².